The van der Waals surface area contributed by atoms with Crippen molar-refractivity contribution in [3.05, 3.63) is 34.9 Å². The molecule has 1 fully saturated rings. The highest BCUT2D eigenvalue weighted by Gasteiger charge is 2.42. The number of nitrogens with one attached hydrogen (secondary N) is 1. The van der Waals surface area contributed by atoms with Crippen LogP contribution in [0, 0.1) is 5.92 Å². The molecule has 1 N–H and O–H groups in total. The van der Waals surface area contributed by atoms with Gasteiger partial charge in [0.05, 0.1) is 6.04 Å². The lowest BCUT2D eigenvalue weighted by Gasteiger charge is -2.30. The lowest BCUT2D eigenvalue weighted by atomic mass is 10.0. The van der Waals surface area contributed by atoms with Crippen LogP contribution in [0.15, 0.2) is 24.3 Å². The van der Waals surface area contributed by atoms with E-state index < -0.39 is 0 Å². The highest BCUT2D eigenvalue weighted by molar-refractivity contribution is 6.30. The number of halogens is 1. The Morgan fingerprint density at radius 1 is 1.25 bits per heavy atom. The summed E-state index contributed by atoms with van der Waals surface area (Å²) in [5.74, 6) is 0.487. The van der Waals surface area contributed by atoms with Gasteiger partial charge in [0.25, 0.3) is 0 Å². The largest absolute Gasteiger partial charge is 0.319 e. The van der Waals surface area contributed by atoms with E-state index in [-0.39, 0.29) is 30.1 Å². The molecule has 0 saturated carbocycles. The lowest BCUT2D eigenvalue weighted by Crippen LogP contribution is -2.39. The fraction of sp³-hybridized carbons (Fsp3) is 0.562. The van der Waals surface area contributed by atoms with E-state index >= 15 is 0 Å². The van der Waals surface area contributed by atoms with Gasteiger partial charge in [0.15, 0.2) is 0 Å². The topological polar surface area (TPSA) is 32.3 Å². The maximum atomic E-state index is 12.6. The minimum absolute atomic E-state index is 0.0536. The van der Waals surface area contributed by atoms with Crippen LogP contribution in [0.2, 0.25) is 5.02 Å². The van der Waals surface area contributed by atoms with Gasteiger partial charge in [-0.2, -0.15) is 0 Å². The Bertz CT molecular complexity index is 472. The monoisotopic (exact) mass is 294 g/mol. The SMILES string of the molecule is CCC(C)N1C(=O)C(C(C)C)NC1c1ccc(Cl)cc1. The molecule has 1 aliphatic rings. The molecule has 1 amide bonds. The van der Waals surface area contributed by atoms with E-state index in [0.29, 0.717) is 5.02 Å². The summed E-state index contributed by atoms with van der Waals surface area (Å²) in [6, 6.07) is 7.85. The molecule has 0 aromatic heterocycles. The number of rotatable bonds is 4. The molecule has 3 atom stereocenters. The van der Waals surface area contributed by atoms with Gasteiger partial charge in [0, 0.05) is 11.1 Å². The maximum Gasteiger partial charge on any atom is 0.241 e. The first-order valence-electron chi connectivity index (χ1n) is 7.29. The standard InChI is InChI=1S/C16H23ClN2O/c1-5-11(4)19-15(12-6-8-13(17)9-7-12)18-14(10(2)3)16(19)20/h6-11,14-15,18H,5H2,1-4H3. The van der Waals surface area contributed by atoms with Crippen molar-refractivity contribution in [2.45, 2.75) is 52.4 Å². The Hall–Kier alpha value is -1.06. The van der Waals surface area contributed by atoms with Gasteiger partial charge in [-0.3, -0.25) is 10.1 Å². The second kappa shape index (κ2) is 6.15. The predicted octanol–water partition coefficient (Wildman–Crippen LogP) is 3.59. The molecule has 0 aliphatic carbocycles. The Morgan fingerprint density at radius 3 is 2.35 bits per heavy atom. The van der Waals surface area contributed by atoms with Crippen LogP contribution in [0.25, 0.3) is 0 Å². The molecule has 1 heterocycles. The molecule has 2 rings (SSSR count). The summed E-state index contributed by atoms with van der Waals surface area (Å²) in [5.41, 5.74) is 1.09. The fourth-order valence-electron chi connectivity index (χ4n) is 2.66. The summed E-state index contributed by atoms with van der Waals surface area (Å²) in [6.07, 6.45) is 0.893. The van der Waals surface area contributed by atoms with Crippen LogP contribution in [-0.2, 0) is 4.79 Å². The molecular weight excluding hydrogens is 272 g/mol. The first-order chi connectivity index (χ1) is 9.45. The van der Waals surface area contributed by atoms with Crippen LogP contribution in [0.3, 0.4) is 0 Å². The molecule has 3 nitrogen and oxygen atoms in total. The molecule has 3 unspecified atom stereocenters. The van der Waals surface area contributed by atoms with Gasteiger partial charge in [-0.1, -0.05) is 44.5 Å². The number of hydrogen-bond donors (Lipinski definition) is 1. The summed E-state index contributed by atoms with van der Waals surface area (Å²) >= 11 is 5.95. The van der Waals surface area contributed by atoms with Crippen molar-refractivity contribution in [3.63, 3.8) is 0 Å². The Morgan fingerprint density at radius 2 is 1.85 bits per heavy atom. The normalized spacial score (nSPS) is 24.5. The summed E-state index contributed by atoms with van der Waals surface area (Å²) in [4.78, 5) is 14.6. The molecule has 0 bridgehead atoms. The third-order valence-corrected chi connectivity index (χ3v) is 4.31. The van der Waals surface area contributed by atoms with E-state index in [1.807, 2.05) is 29.2 Å². The van der Waals surface area contributed by atoms with Crippen molar-refractivity contribution in [2.75, 3.05) is 0 Å². The van der Waals surface area contributed by atoms with Crippen molar-refractivity contribution in [1.29, 1.82) is 0 Å². The zero-order valence-electron chi connectivity index (χ0n) is 12.6. The molecule has 1 aromatic carbocycles. The van der Waals surface area contributed by atoms with E-state index in [1.165, 1.54) is 0 Å². The molecule has 20 heavy (non-hydrogen) atoms. The number of amides is 1. The Labute approximate surface area is 126 Å². The number of benzene rings is 1. The van der Waals surface area contributed by atoms with Crippen LogP contribution < -0.4 is 5.32 Å². The van der Waals surface area contributed by atoms with Crippen LogP contribution >= 0.6 is 11.6 Å². The zero-order valence-corrected chi connectivity index (χ0v) is 13.3. The molecule has 1 aliphatic heterocycles. The molecule has 0 radical (unpaired) electrons. The second-order valence-corrected chi connectivity index (χ2v) is 6.28. The van der Waals surface area contributed by atoms with Gasteiger partial charge in [-0.15, -0.1) is 0 Å². The molecule has 1 aromatic rings. The average Bonchev–Trinajstić information content (AvgIpc) is 2.76. The van der Waals surface area contributed by atoms with Crippen LogP contribution in [0.1, 0.15) is 45.8 Å². The number of carbonyl (C=O) groups is 1. The molecule has 1 saturated heterocycles. The molecule has 110 valence electrons. The number of nitrogens with zero attached hydrogens (tertiary/aromatic N) is 1. The van der Waals surface area contributed by atoms with Crippen LogP contribution in [0.5, 0.6) is 0 Å². The Balaban J connectivity index is 2.33. The summed E-state index contributed by atoms with van der Waals surface area (Å²) in [7, 11) is 0. The highest BCUT2D eigenvalue weighted by atomic mass is 35.5. The number of hydrogen-bond acceptors (Lipinski definition) is 2. The molecule has 0 spiro atoms. The fourth-order valence-corrected chi connectivity index (χ4v) is 2.78. The lowest BCUT2D eigenvalue weighted by molar-refractivity contribution is -0.132. The van der Waals surface area contributed by atoms with Crippen molar-refractivity contribution in [2.24, 2.45) is 5.92 Å². The van der Waals surface area contributed by atoms with Crippen molar-refractivity contribution < 1.29 is 4.79 Å². The van der Waals surface area contributed by atoms with Gasteiger partial charge >= 0.3 is 0 Å². The third-order valence-electron chi connectivity index (χ3n) is 4.05. The van der Waals surface area contributed by atoms with Crippen molar-refractivity contribution >= 4 is 17.5 Å². The van der Waals surface area contributed by atoms with Gasteiger partial charge in [0.2, 0.25) is 5.91 Å². The highest BCUT2D eigenvalue weighted by Crippen LogP contribution is 2.31. The van der Waals surface area contributed by atoms with Crippen LogP contribution in [0.4, 0.5) is 0 Å². The molecular formula is C16H23ClN2O. The summed E-state index contributed by atoms with van der Waals surface area (Å²) in [6.45, 7) is 8.37. The predicted molar refractivity (Wildman–Crippen MR) is 82.6 cm³/mol. The first-order valence-corrected chi connectivity index (χ1v) is 7.67. The quantitative estimate of drug-likeness (QED) is 0.920. The van der Waals surface area contributed by atoms with Gasteiger partial charge in [-0.05, 0) is 37.0 Å². The van der Waals surface area contributed by atoms with E-state index in [9.17, 15) is 4.79 Å². The zero-order chi connectivity index (χ0) is 14.9. The molecule has 4 heteroatoms. The first kappa shape index (κ1) is 15.3. The van der Waals surface area contributed by atoms with Crippen molar-refractivity contribution in [1.82, 2.24) is 10.2 Å². The maximum absolute atomic E-state index is 12.6. The summed E-state index contributed by atoms with van der Waals surface area (Å²) < 4.78 is 0. The van der Waals surface area contributed by atoms with Gasteiger partial charge in [-0.25, -0.2) is 0 Å². The van der Waals surface area contributed by atoms with E-state index in [1.54, 1.807) is 0 Å². The van der Waals surface area contributed by atoms with Gasteiger partial charge in [0.1, 0.15) is 6.17 Å². The van der Waals surface area contributed by atoms with E-state index in [4.69, 9.17) is 11.6 Å². The third kappa shape index (κ3) is 2.84. The van der Waals surface area contributed by atoms with Gasteiger partial charge < -0.3 is 4.90 Å². The van der Waals surface area contributed by atoms with Crippen LogP contribution in [-0.4, -0.2) is 22.9 Å². The smallest absolute Gasteiger partial charge is 0.241 e. The second-order valence-electron chi connectivity index (χ2n) is 5.85. The minimum atomic E-state index is -0.107. The van der Waals surface area contributed by atoms with E-state index in [0.717, 1.165) is 12.0 Å². The minimum Gasteiger partial charge on any atom is -0.319 e. The van der Waals surface area contributed by atoms with E-state index in [2.05, 4.69) is 33.0 Å². The van der Waals surface area contributed by atoms with Crippen molar-refractivity contribution in [3.8, 4) is 0 Å². The average molecular weight is 295 g/mol. The summed E-state index contributed by atoms with van der Waals surface area (Å²) in [5, 5.41) is 4.19. The Kier molecular flexibility index (Phi) is 4.71. The number of carbonyl (C=O) groups excluding carboxylic acids is 1.